The number of aryl methyl sites for hydroxylation is 1. The van der Waals surface area contributed by atoms with Crippen LogP contribution in [0.1, 0.15) is 25.0 Å². The Kier molecular flexibility index (Phi) is 3.81. The molecule has 0 unspecified atom stereocenters. The molecule has 6 nitrogen and oxygen atoms in total. The van der Waals surface area contributed by atoms with Crippen LogP contribution in [0.5, 0.6) is 5.88 Å². The Morgan fingerprint density at radius 2 is 1.96 bits per heavy atom. The molecule has 0 amide bonds. The van der Waals surface area contributed by atoms with Crippen molar-refractivity contribution in [2.45, 2.75) is 20.8 Å². The number of hydrogen-bond donors (Lipinski definition) is 2. The lowest BCUT2D eigenvalue weighted by Gasteiger charge is -2.10. The average Bonchev–Trinajstić information content (AvgIpc) is 2.81. The van der Waals surface area contributed by atoms with Gasteiger partial charge in [-0.25, -0.2) is 9.36 Å². The Balaban J connectivity index is 2.25. The summed E-state index contributed by atoms with van der Waals surface area (Å²) < 4.78 is 1.08. The SMILES string of the molecule is CC1=CC(=Cc2c(O)n(-c3cccc(C)c3)c(=O)[nH]c2=O)C(C)=N1. The van der Waals surface area contributed by atoms with E-state index in [4.69, 9.17) is 0 Å². The summed E-state index contributed by atoms with van der Waals surface area (Å²) in [5, 5.41) is 10.5. The first kappa shape index (κ1) is 15.7. The second-order valence-corrected chi connectivity index (χ2v) is 5.75. The van der Waals surface area contributed by atoms with E-state index in [0.29, 0.717) is 5.69 Å². The molecule has 24 heavy (non-hydrogen) atoms. The second kappa shape index (κ2) is 5.81. The summed E-state index contributed by atoms with van der Waals surface area (Å²) in [5.41, 5.74) is 2.41. The van der Waals surface area contributed by atoms with Crippen molar-refractivity contribution in [1.82, 2.24) is 9.55 Å². The number of hydrogen-bond acceptors (Lipinski definition) is 4. The number of H-pyrrole nitrogens is 1. The number of aromatic amines is 1. The molecule has 6 heteroatoms. The summed E-state index contributed by atoms with van der Waals surface area (Å²) in [6, 6.07) is 7.10. The quantitative estimate of drug-likeness (QED) is 0.889. The first-order valence-electron chi connectivity index (χ1n) is 7.48. The Morgan fingerprint density at radius 1 is 1.21 bits per heavy atom. The number of nitrogens with zero attached hydrogens (tertiary/aromatic N) is 2. The van der Waals surface area contributed by atoms with E-state index in [9.17, 15) is 14.7 Å². The van der Waals surface area contributed by atoms with Gasteiger partial charge in [0.1, 0.15) is 5.56 Å². The van der Waals surface area contributed by atoms with Crippen molar-refractivity contribution in [3.8, 4) is 11.6 Å². The molecule has 3 rings (SSSR count). The standard InChI is InChI=1S/C18H17N3O3/c1-10-5-4-6-14(7-10)21-17(23)15(16(22)20-18(21)24)9-13-8-11(2)19-12(13)3/h4-9,23H,1-3H3,(H,20,22,24). The summed E-state index contributed by atoms with van der Waals surface area (Å²) in [6.45, 7) is 5.55. The van der Waals surface area contributed by atoms with Gasteiger partial charge in [0.05, 0.1) is 5.69 Å². The van der Waals surface area contributed by atoms with Crippen LogP contribution in [0.2, 0.25) is 0 Å². The van der Waals surface area contributed by atoms with Gasteiger partial charge in [-0.2, -0.15) is 0 Å². The fraction of sp³-hybridized carbons (Fsp3) is 0.167. The van der Waals surface area contributed by atoms with E-state index >= 15 is 0 Å². The lowest BCUT2D eigenvalue weighted by molar-refractivity contribution is 0.429. The summed E-state index contributed by atoms with van der Waals surface area (Å²) in [5.74, 6) is -0.396. The molecule has 0 aliphatic carbocycles. The Hall–Kier alpha value is -3.15. The largest absolute Gasteiger partial charge is 0.494 e. The maximum atomic E-state index is 12.2. The highest BCUT2D eigenvalue weighted by Gasteiger charge is 2.16. The van der Waals surface area contributed by atoms with E-state index in [1.165, 1.54) is 6.08 Å². The van der Waals surface area contributed by atoms with Gasteiger partial charge >= 0.3 is 5.69 Å². The minimum atomic E-state index is -0.686. The van der Waals surface area contributed by atoms with Gasteiger partial charge in [0, 0.05) is 11.4 Å². The number of aromatic nitrogens is 2. The molecule has 0 saturated carbocycles. The minimum Gasteiger partial charge on any atom is -0.494 e. The van der Waals surface area contributed by atoms with Gasteiger partial charge in [-0.05, 0) is 56.2 Å². The zero-order valence-electron chi connectivity index (χ0n) is 13.6. The molecule has 0 spiro atoms. The third-order valence-electron chi connectivity index (χ3n) is 3.81. The van der Waals surface area contributed by atoms with E-state index in [1.807, 2.05) is 32.9 Å². The molecular weight excluding hydrogens is 306 g/mol. The molecule has 0 saturated heterocycles. The van der Waals surface area contributed by atoms with Gasteiger partial charge in [0.25, 0.3) is 5.56 Å². The van der Waals surface area contributed by atoms with Crippen LogP contribution in [0.3, 0.4) is 0 Å². The summed E-state index contributed by atoms with van der Waals surface area (Å²) >= 11 is 0. The van der Waals surface area contributed by atoms with Crippen LogP contribution in [-0.2, 0) is 0 Å². The monoisotopic (exact) mass is 323 g/mol. The number of rotatable bonds is 2. The van der Waals surface area contributed by atoms with Gasteiger partial charge < -0.3 is 5.11 Å². The molecule has 0 atom stereocenters. The summed E-state index contributed by atoms with van der Waals surface area (Å²) in [4.78, 5) is 30.9. The van der Waals surface area contributed by atoms with Crippen molar-refractivity contribution in [1.29, 1.82) is 0 Å². The number of benzene rings is 1. The van der Waals surface area contributed by atoms with E-state index in [-0.39, 0.29) is 5.56 Å². The van der Waals surface area contributed by atoms with Crippen molar-refractivity contribution >= 4 is 11.8 Å². The zero-order chi connectivity index (χ0) is 17.4. The van der Waals surface area contributed by atoms with Crippen LogP contribution >= 0.6 is 0 Å². The summed E-state index contributed by atoms with van der Waals surface area (Å²) in [6.07, 6.45) is 3.35. The lowest BCUT2D eigenvalue weighted by Crippen LogP contribution is -2.30. The lowest BCUT2D eigenvalue weighted by atomic mass is 10.1. The molecule has 122 valence electrons. The van der Waals surface area contributed by atoms with E-state index in [2.05, 4.69) is 9.98 Å². The van der Waals surface area contributed by atoms with Crippen LogP contribution < -0.4 is 11.2 Å². The smallest absolute Gasteiger partial charge is 0.335 e. The van der Waals surface area contributed by atoms with Gasteiger partial charge in [0.2, 0.25) is 5.88 Å². The van der Waals surface area contributed by atoms with Crippen LogP contribution in [0.25, 0.3) is 11.8 Å². The van der Waals surface area contributed by atoms with E-state index < -0.39 is 17.1 Å². The molecular formula is C18H17N3O3. The van der Waals surface area contributed by atoms with Crippen molar-refractivity contribution in [2.75, 3.05) is 0 Å². The first-order valence-corrected chi connectivity index (χ1v) is 7.48. The van der Waals surface area contributed by atoms with Gasteiger partial charge in [-0.15, -0.1) is 0 Å². The fourth-order valence-electron chi connectivity index (χ4n) is 2.67. The number of allylic oxidation sites excluding steroid dienone is 3. The topological polar surface area (TPSA) is 87.5 Å². The number of aliphatic imine (C=N–C) groups is 1. The van der Waals surface area contributed by atoms with Crippen molar-refractivity contribution < 1.29 is 5.11 Å². The molecule has 0 bridgehead atoms. The maximum Gasteiger partial charge on any atom is 0.335 e. The molecule has 0 radical (unpaired) electrons. The third kappa shape index (κ3) is 2.74. The molecule has 1 aliphatic rings. The normalized spacial score (nSPS) is 15.5. The predicted molar refractivity (Wildman–Crippen MR) is 93.9 cm³/mol. The average molecular weight is 323 g/mol. The van der Waals surface area contributed by atoms with Crippen LogP contribution in [0.4, 0.5) is 0 Å². The highest BCUT2D eigenvalue weighted by atomic mass is 16.3. The number of nitrogens with one attached hydrogen (secondary N) is 1. The highest BCUT2D eigenvalue weighted by molar-refractivity contribution is 6.07. The van der Waals surface area contributed by atoms with Crippen LogP contribution in [0, 0.1) is 6.92 Å². The molecule has 1 aromatic heterocycles. The Labute approximate surface area is 138 Å². The molecule has 1 aliphatic heterocycles. The van der Waals surface area contributed by atoms with E-state index in [1.54, 1.807) is 18.2 Å². The van der Waals surface area contributed by atoms with Crippen molar-refractivity contribution in [3.05, 3.63) is 73.6 Å². The highest BCUT2D eigenvalue weighted by Crippen LogP contribution is 2.22. The Bertz CT molecular complexity index is 1040. The molecule has 1 aromatic carbocycles. The van der Waals surface area contributed by atoms with Crippen molar-refractivity contribution in [3.63, 3.8) is 0 Å². The van der Waals surface area contributed by atoms with Crippen LogP contribution in [0.15, 0.2) is 56.2 Å². The first-order chi connectivity index (χ1) is 11.4. The van der Waals surface area contributed by atoms with Gasteiger partial charge in [0.15, 0.2) is 0 Å². The third-order valence-corrected chi connectivity index (χ3v) is 3.81. The van der Waals surface area contributed by atoms with E-state index in [0.717, 1.165) is 27.1 Å². The second-order valence-electron chi connectivity index (χ2n) is 5.75. The molecule has 0 fully saturated rings. The van der Waals surface area contributed by atoms with Gasteiger partial charge in [-0.1, -0.05) is 12.1 Å². The number of aromatic hydroxyl groups is 1. The Morgan fingerprint density at radius 3 is 2.58 bits per heavy atom. The zero-order valence-corrected chi connectivity index (χ0v) is 13.6. The fourth-order valence-corrected chi connectivity index (χ4v) is 2.67. The molecule has 2 aromatic rings. The van der Waals surface area contributed by atoms with Crippen LogP contribution in [-0.4, -0.2) is 20.4 Å². The van der Waals surface area contributed by atoms with Gasteiger partial charge in [-0.3, -0.25) is 14.8 Å². The molecule has 2 N–H and O–H groups in total. The minimum absolute atomic E-state index is 0.0200. The summed E-state index contributed by atoms with van der Waals surface area (Å²) in [7, 11) is 0. The maximum absolute atomic E-state index is 12.2. The molecule has 2 heterocycles. The predicted octanol–water partition coefficient (Wildman–Crippen LogP) is 2.30. The van der Waals surface area contributed by atoms with Crippen molar-refractivity contribution in [2.24, 2.45) is 4.99 Å².